The van der Waals surface area contributed by atoms with Crippen molar-refractivity contribution in [2.75, 3.05) is 7.11 Å². The first-order chi connectivity index (χ1) is 15.1. The summed E-state index contributed by atoms with van der Waals surface area (Å²) in [5.74, 6) is 0.544. The minimum absolute atomic E-state index is 0.0402. The molecule has 158 valence electrons. The zero-order valence-electron chi connectivity index (χ0n) is 17.2. The highest BCUT2D eigenvalue weighted by Gasteiger charge is 2.35. The SMILES string of the molecule is COc1ccc(C(=O)N2C(Sc3cc(C#N)ccn3)CCC[C@H]2C)c(-n2nccn2)n1. The Kier molecular flexibility index (Phi) is 6.13. The number of aromatic nitrogens is 5. The molecule has 2 atom stereocenters. The molecule has 31 heavy (non-hydrogen) atoms. The van der Waals surface area contributed by atoms with Crippen LogP contribution in [0, 0.1) is 11.3 Å². The molecule has 3 aromatic heterocycles. The number of rotatable bonds is 5. The Hall–Kier alpha value is -3.45. The molecular formula is C21H21N7O2S. The number of nitriles is 1. The van der Waals surface area contributed by atoms with E-state index in [2.05, 4.69) is 26.2 Å². The van der Waals surface area contributed by atoms with Crippen molar-refractivity contribution in [2.45, 2.75) is 42.6 Å². The molecule has 1 unspecified atom stereocenters. The predicted molar refractivity (Wildman–Crippen MR) is 114 cm³/mol. The number of thioether (sulfide) groups is 1. The first-order valence-electron chi connectivity index (χ1n) is 9.88. The van der Waals surface area contributed by atoms with E-state index in [9.17, 15) is 10.1 Å². The maximum atomic E-state index is 13.7. The average molecular weight is 436 g/mol. The van der Waals surface area contributed by atoms with Gasteiger partial charge in [-0.1, -0.05) is 11.8 Å². The molecule has 0 radical (unpaired) electrons. The summed E-state index contributed by atoms with van der Waals surface area (Å²) in [5, 5.41) is 18.1. The van der Waals surface area contributed by atoms with E-state index in [0.717, 1.165) is 24.3 Å². The van der Waals surface area contributed by atoms with E-state index in [1.807, 2.05) is 11.8 Å². The summed E-state index contributed by atoms with van der Waals surface area (Å²) in [7, 11) is 1.52. The third-order valence-electron chi connectivity index (χ3n) is 5.11. The van der Waals surface area contributed by atoms with Crippen LogP contribution in [0.2, 0.25) is 0 Å². The number of carbonyl (C=O) groups excluding carboxylic acids is 1. The van der Waals surface area contributed by atoms with Crippen LogP contribution in [0.25, 0.3) is 5.82 Å². The molecule has 0 N–H and O–H groups in total. The van der Waals surface area contributed by atoms with Gasteiger partial charge in [0.05, 0.1) is 47.1 Å². The summed E-state index contributed by atoms with van der Waals surface area (Å²) in [6.45, 7) is 2.05. The summed E-state index contributed by atoms with van der Waals surface area (Å²) >= 11 is 1.50. The van der Waals surface area contributed by atoms with Crippen molar-refractivity contribution in [3.63, 3.8) is 0 Å². The van der Waals surface area contributed by atoms with Crippen LogP contribution in [-0.4, -0.2) is 54.3 Å². The zero-order chi connectivity index (χ0) is 21.8. The lowest BCUT2D eigenvalue weighted by atomic mass is 10.0. The molecule has 4 rings (SSSR count). The average Bonchev–Trinajstić information content (AvgIpc) is 3.33. The number of likely N-dealkylation sites (tertiary alicyclic amines) is 1. The van der Waals surface area contributed by atoms with Crippen LogP contribution >= 0.6 is 11.8 Å². The van der Waals surface area contributed by atoms with Crippen LogP contribution < -0.4 is 4.74 Å². The number of carbonyl (C=O) groups is 1. The normalized spacial score (nSPS) is 18.4. The summed E-state index contributed by atoms with van der Waals surface area (Å²) in [6, 6.07) is 8.96. The molecule has 1 fully saturated rings. The number of hydrogen-bond acceptors (Lipinski definition) is 8. The number of amides is 1. The summed E-state index contributed by atoms with van der Waals surface area (Å²) in [5.41, 5.74) is 0.945. The second-order valence-corrected chi connectivity index (χ2v) is 8.30. The second-order valence-electron chi connectivity index (χ2n) is 7.10. The minimum atomic E-state index is -0.149. The van der Waals surface area contributed by atoms with Gasteiger partial charge in [0.2, 0.25) is 5.88 Å². The van der Waals surface area contributed by atoms with Crippen molar-refractivity contribution in [3.05, 3.63) is 54.0 Å². The summed E-state index contributed by atoms with van der Waals surface area (Å²) in [4.78, 5) is 25.7. The third-order valence-corrected chi connectivity index (χ3v) is 6.31. The lowest BCUT2D eigenvalue weighted by Crippen LogP contribution is -2.47. The van der Waals surface area contributed by atoms with Gasteiger partial charge in [0.25, 0.3) is 5.91 Å². The van der Waals surface area contributed by atoms with Gasteiger partial charge >= 0.3 is 0 Å². The van der Waals surface area contributed by atoms with Gasteiger partial charge in [-0.25, -0.2) is 4.98 Å². The molecule has 4 heterocycles. The largest absolute Gasteiger partial charge is 0.481 e. The Bertz CT molecular complexity index is 1110. The van der Waals surface area contributed by atoms with E-state index in [-0.39, 0.29) is 17.3 Å². The smallest absolute Gasteiger partial charge is 0.258 e. The summed E-state index contributed by atoms with van der Waals surface area (Å²) < 4.78 is 5.23. The highest BCUT2D eigenvalue weighted by Crippen LogP contribution is 2.36. The molecule has 10 heteroatoms. The van der Waals surface area contributed by atoms with E-state index >= 15 is 0 Å². The fourth-order valence-electron chi connectivity index (χ4n) is 3.61. The number of piperidine rings is 1. The molecular weight excluding hydrogens is 414 g/mol. The maximum Gasteiger partial charge on any atom is 0.258 e. The molecule has 1 aliphatic rings. The molecule has 9 nitrogen and oxygen atoms in total. The minimum Gasteiger partial charge on any atom is -0.481 e. The van der Waals surface area contributed by atoms with Crippen molar-refractivity contribution in [2.24, 2.45) is 0 Å². The molecule has 1 saturated heterocycles. The van der Waals surface area contributed by atoms with Crippen LogP contribution in [0.1, 0.15) is 42.1 Å². The number of hydrogen-bond donors (Lipinski definition) is 0. The predicted octanol–water partition coefficient (Wildman–Crippen LogP) is 3.07. The molecule has 3 aromatic rings. The van der Waals surface area contributed by atoms with Crippen LogP contribution in [0.15, 0.2) is 47.9 Å². The molecule has 0 aromatic carbocycles. The van der Waals surface area contributed by atoms with Gasteiger partial charge in [-0.15, -0.1) is 4.80 Å². The Morgan fingerprint density at radius 3 is 2.77 bits per heavy atom. The Balaban J connectivity index is 1.69. The number of methoxy groups -OCH3 is 1. The van der Waals surface area contributed by atoms with Crippen LogP contribution in [0.3, 0.4) is 0 Å². The molecule has 1 amide bonds. The Morgan fingerprint density at radius 2 is 2.03 bits per heavy atom. The first kappa shape index (κ1) is 20.8. The Labute approximate surface area is 184 Å². The molecule has 0 bridgehead atoms. The van der Waals surface area contributed by atoms with Crippen LogP contribution in [0.4, 0.5) is 0 Å². The lowest BCUT2D eigenvalue weighted by molar-refractivity contribution is 0.0597. The van der Waals surface area contributed by atoms with Crippen LogP contribution in [0.5, 0.6) is 5.88 Å². The van der Waals surface area contributed by atoms with E-state index in [1.54, 1.807) is 30.5 Å². The highest BCUT2D eigenvalue weighted by atomic mass is 32.2. The lowest BCUT2D eigenvalue weighted by Gasteiger charge is -2.40. The molecule has 0 aliphatic carbocycles. The monoisotopic (exact) mass is 435 g/mol. The zero-order valence-corrected chi connectivity index (χ0v) is 18.0. The molecule has 0 saturated carbocycles. The van der Waals surface area contributed by atoms with E-state index in [0.29, 0.717) is 22.8 Å². The van der Waals surface area contributed by atoms with Crippen molar-refractivity contribution >= 4 is 17.7 Å². The summed E-state index contributed by atoms with van der Waals surface area (Å²) in [6.07, 6.45) is 7.44. The van der Waals surface area contributed by atoms with Crippen molar-refractivity contribution < 1.29 is 9.53 Å². The van der Waals surface area contributed by atoms with E-state index in [4.69, 9.17) is 4.74 Å². The standard InChI is InChI=1S/C21H21N7O2S/c1-14-4-3-5-19(31-18-12-15(13-22)8-9-23-18)27(14)21(29)16-6-7-17(30-2)26-20(16)28-24-10-11-25-28/h6-12,14,19H,3-5H2,1-2H3/t14-,19?/m1/s1. The fourth-order valence-corrected chi connectivity index (χ4v) is 4.90. The van der Waals surface area contributed by atoms with Crippen molar-refractivity contribution in [3.8, 4) is 17.8 Å². The van der Waals surface area contributed by atoms with Gasteiger partial charge in [-0.05, 0) is 44.4 Å². The number of pyridine rings is 2. The third kappa shape index (κ3) is 4.36. The van der Waals surface area contributed by atoms with Crippen molar-refractivity contribution in [1.29, 1.82) is 5.26 Å². The van der Waals surface area contributed by atoms with Gasteiger partial charge in [0.1, 0.15) is 0 Å². The van der Waals surface area contributed by atoms with E-state index < -0.39 is 0 Å². The quantitative estimate of drug-likeness (QED) is 0.601. The van der Waals surface area contributed by atoms with Crippen LogP contribution in [-0.2, 0) is 0 Å². The highest BCUT2D eigenvalue weighted by molar-refractivity contribution is 7.99. The Morgan fingerprint density at radius 1 is 1.23 bits per heavy atom. The molecule has 1 aliphatic heterocycles. The van der Waals surface area contributed by atoms with Gasteiger partial charge in [0.15, 0.2) is 5.82 Å². The van der Waals surface area contributed by atoms with Gasteiger partial charge in [0, 0.05) is 18.3 Å². The second kappa shape index (κ2) is 9.14. The number of nitrogens with zero attached hydrogens (tertiary/aromatic N) is 7. The molecule has 0 spiro atoms. The van der Waals surface area contributed by atoms with Gasteiger partial charge in [-0.3, -0.25) is 4.79 Å². The van der Waals surface area contributed by atoms with Gasteiger partial charge < -0.3 is 9.64 Å². The van der Waals surface area contributed by atoms with Gasteiger partial charge in [-0.2, -0.15) is 20.4 Å². The van der Waals surface area contributed by atoms with Crippen molar-refractivity contribution in [1.82, 2.24) is 29.9 Å². The maximum absolute atomic E-state index is 13.7. The first-order valence-corrected chi connectivity index (χ1v) is 10.8. The number of ether oxygens (including phenoxy) is 1. The fraction of sp³-hybridized carbons (Fsp3) is 0.333. The topological polar surface area (TPSA) is 110 Å². The van der Waals surface area contributed by atoms with E-state index in [1.165, 1.54) is 36.1 Å².